The van der Waals surface area contributed by atoms with E-state index in [0.29, 0.717) is 6.54 Å². The summed E-state index contributed by atoms with van der Waals surface area (Å²) in [5, 5.41) is 9.12. The average molecular weight is 229 g/mol. The first-order chi connectivity index (χ1) is 7.30. The van der Waals surface area contributed by atoms with Crippen molar-refractivity contribution >= 4 is 6.09 Å². The molecule has 1 aliphatic heterocycles. The van der Waals surface area contributed by atoms with Crippen molar-refractivity contribution in [3.63, 3.8) is 0 Å². The van der Waals surface area contributed by atoms with Crippen molar-refractivity contribution in [3.8, 4) is 0 Å². The standard InChI is InChI=1S/C11H23N3O2/c1-11(2,3)14(10(15)16)7-6-13-5-4-9(12)8-13/h9H,4-8,12H2,1-3H3,(H,15,16). The third-order valence-electron chi connectivity index (χ3n) is 2.99. The van der Waals surface area contributed by atoms with E-state index in [-0.39, 0.29) is 11.6 Å². The molecule has 1 unspecified atom stereocenters. The maximum atomic E-state index is 11.1. The van der Waals surface area contributed by atoms with Crippen molar-refractivity contribution in [1.29, 1.82) is 0 Å². The first-order valence-electron chi connectivity index (χ1n) is 5.79. The van der Waals surface area contributed by atoms with Crippen LogP contribution in [0.1, 0.15) is 27.2 Å². The molecule has 0 spiro atoms. The van der Waals surface area contributed by atoms with Gasteiger partial charge in [0.05, 0.1) is 0 Å². The zero-order chi connectivity index (χ0) is 12.3. The molecule has 3 N–H and O–H groups in total. The van der Waals surface area contributed by atoms with Gasteiger partial charge in [0.1, 0.15) is 0 Å². The van der Waals surface area contributed by atoms with Gasteiger partial charge < -0.3 is 15.7 Å². The second-order valence-electron chi connectivity index (χ2n) is 5.45. The molecule has 1 rings (SSSR count). The first kappa shape index (κ1) is 13.3. The van der Waals surface area contributed by atoms with Crippen LogP contribution in [0.2, 0.25) is 0 Å². The van der Waals surface area contributed by atoms with Gasteiger partial charge in [-0.15, -0.1) is 0 Å². The number of nitrogens with zero attached hydrogens (tertiary/aromatic N) is 2. The SMILES string of the molecule is CC(C)(C)N(CCN1CCC(N)C1)C(=O)O. The second kappa shape index (κ2) is 5.01. The van der Waals surface area contributed by atoms with Crippen LogP contribution in [-0.2, 0) is 0 Å². The minimum absolute atomic E-state index is 0.257. The van der Waals surface area contributed by atoms with Crippen molar-refractivity contribution in [3.05, 3.63) is 0 Å². The Morgan fingerprint density at radius 1 is 1.56 bits per heavy atom. The van der Waals surface area contributed by atoms with Gasteiger partial charge in [0.15, 0.2) is 0 Å². The summed E-state index contributed by atoms with van der Waals surface area (Å²) in [5.74, 6) is 0. The van der Waals surface area contributed by atoms with Crippen LogP contribution in [0.25, 0.3) is 0 Å². The maximum Gasteiger partial charge on any atom is 0.407 e. The van der Waals surface area contributed by atoms with Gasteiger partial charge in [0.2, 0.25) is 0 Å². The molecule has 5 nitrogen and oxygen atoms in total. The molecule has 0 saturated carbocycles. The van der Waals surface area contributed by atoms with E-state index in [1.54, 1.807) is 0 Å². The Labute approximate surface area is 97.2 Å². The molecule has 5 heteroatoms. The minimum Gasteiger partial charge on any atom is -0.465 e. The molecule has 0 radical (unpaired) electrons. The Balaban J connectivity index is 2.42. The Kier molecular flexibility index (Phi) is 4.15. The van der Waals surface area contributed by atoms with Crippen molar-refractivity contribution in [2.24, 2.45) is 5.73 Å². The summed E-state index contributed by atoms with van der Waals surface area (Å²) in [4.78, 5) is 14.8. The van der Waals surface area contributed by atoms with E-state index in [1.165, 1.54) is 4.90 Å². The van der Waals surface area contributed by atoms with E-state index in [4.69, 9.17) is 10.8 Å². The number of hydrogen-bond donors (Lipinski definition) is 2. The van der Waals surface area contributed by atoms with Gasteiger partial charge in [-0.05, 0) is 33.7 Å². The first-order valence-corrected chi connectivity index (χ1v) is 5.79. The van der Waals surface area contributed by atoms with E-state index < -0.39 is 6.09 Å². The molecule has 94 valence electrons. The lowest BCUT2D eigenvalue weighted by Gasteiger charge is -2.34. The summed E-state index contributed by atoms with van der Waals surface area (Å²) in [6.07, 6.45) is 0.166. The molecule has 0 aromatic heterocycles. The van der Waals surface area contributed by atoms with Gasteiger partial charge in [-0.25, -0.2) is 4.79 Å². The monoisotopic (exact) mass is 229 g/mol. The average Bonchev–Trinajstić information content (AvgIpc) is 2.48. The predicted octanol–water partition coefficient (Wildman–Crippen LogP) is 0.798. The van der Waals surface area contributed by atoms with Gasteiger partial charge in [-0.1, -0.05) is 0 Å². The van der Waals surface area contributed by atoms with E-state index in [9.17, 15) is 4.79 Å². The number of carbonyl (C=O) groups is 1. The van der Waals surface area contributed by atoms with Crippen molar-refractivity contribution in [2.75, 3.05) is 26.2 Å². The van der Waals surface area contributed by atoms with Gasteiger partial charge in [0, 0.05) is 31.2 Å². The topological polar surface area (TPSA) is 69.8 Å². The van der Waals surface area contributed by atoms with Crippen LogP contribution < -0.4 is 5.73 Å². The summed E-state index contributed by atoms with van der Waals surface area (Å²) in [5.41, 5.74) is 5.47. The van der Waals surface area contributed by atoms with Gasteiger partial charge in [-0.3, -0.25) is 4.90 Å². The van der Waals surface area contributed by atoms with Crippen LogP contribution in [0.5, 0.6) is 0 Å². The zero-order valence-electron chi connectivity index (χ0n) is 10.4. The molecular formula is C11H23N3O2. The minimum atomic E-state index is -0.851. The third-order valence-corrected chi connectivity index (χ3v) is 2.99. The predicted molar refractivity (Wildman–Crippen MR) is 63.5 cm³/mol. The largest absolute Gasteiger partial charge is 0.465 e. The van der Waals surface area contributed by atoms with E-state index in [0.717, 1.165) is 26.1 Å². The van der Waals surface area contributed by atoms with Crippen LogP contribution in [0.4, 0.5) is 4.79 Å². The van der Waals surface area contributed by atoms with Crippen molar-refractivity contribution in [2.45, 2.75) is 38.8 Å². The highest BCUT2D eigenvalue weighted by Gasteiger charge is 2.27. The lowest BCUT2D eigenvalue weighted by Crippen LogP contribution is -2.48. The Bertz CT molecular complexity index is 250. The number of amides is 1. The highest BCUT2D eigenvalue weighted by Crippen LogP contribution is 2.14. The fourth-order valence-corrected chi connectivity index (χ4v) is 2.03. The molecule has 1 atom stereocenters. The lowest BCUT2D eigenvalue weighted by molar-refractivity contribution is 0.0933. The number of hydrogen-bond acceptors (Lipinski definition) is 3. The molecule has 1 aliphatic rings. The molecule has 16 heavy (non-hydrogen) atoms. The smallest absolute Gasteiger partial charge is 0.407 e. The van der Waals surface area contributed by atoms with E-state index >= 15 is 0 Å². The highest BCUT2D eigenvalue weighted by molar-refractivity contribution is 5.65. The third kappa shape index (κ3) is 3.64. The Hall–Kier alpha value is -0.810. The molecule has 1 fully saturated rings. The summed E-state index contributed by atoms with van der Waals surface area (Å²) >= 11 is 0. The fraction of sp³-hybridized carbons (Fsp3) is 0.909. The van der Waals surface area contributed by atoms with Crippen molar-refractivity contribution < 1.29 is 9.90 Å². The quantitative estimate of drug-likeness (QED) is 0.751. The molecule has 0 aromatic carbocycles. The van der Waals surface area contributed by atoms with Crippen LogP contribution >= 0.6 is 0 Å². The second-order valence-corrected chi connectivity index (χ2v) is 5.45. The normalized spacial score (nSPS) is 22.4. The van der Waals surface area contributed by atoms with E-state index in [1.807, 2.05) is 20.8 Å². The molecule has 0 bridgehead atoms. The van der Waals surface area contributed by atoms with Gasteiger partial charge >= 0.3 is 6.09 Å². The Morgan fingerprint density at radius 3 is 2.56 bits per heavy atom. The van der Waals surface area contributed by atoms with Gasteiger partial charge in [-0.2, -0.15) is 0 Å². The Morgan fingerprint density at radius 2 is 2.19 bits per heavy atom. The maximum absolute atomic E-state index is 11.1. The molecular weight excluding hydrogens is 206 g/mol. The van der Waals surface area contributed by atoms with Crippen molar-refractivity contribution in [1.82, 2.24) is 9.80 Å². The zero-order valence-corrected chi connectivity index (χ0v) is 10.4. The van der Waals surface area contributed by atoms with E-state index in [2.05, 4.69) is 4.90 Å². The fourth-order valence-electron chi connectivity index (χ4n) is 2.03. The number of rotatable bonds is 3. The molecule has 1 heterocycles. The lowest BCUT2D eigenvalue weighted by atomic mass is 10.1. The molecule has 1 amide bonds. The van der Waals surface area contributed by atoms with Gasteiger partial charge in [0.25, 0.3) is 0 Å². The molecule has 0 aromatic rings. The molecule has 0 aliphatic carbocycles. The molecule has 1 saturated heterocycles. The van der Waals surface area contributed by atoms with Crippen LogP contribution in [-0.4, -0.2) is 58.8 Å². The number of likely N-dealkylation sites (tertiary alicyclic amines) is 1. The number of nitrogens with two attached hydrogens (primary N) is 1. The summed E-state index contributed by atoms with van der Waals surface area (Å²) in [6, 6.07) is 0.257. The summed E-state index contributed by atoms with van der Waals surface area (Å²) in [6.45, 7) is 8.93. The number of carboxylic acid groups (broad SMARTS) is 1. The van der Waals surface area contributed by atoms with Crippen LogP contribution in [0.15, 0.2) is 0 Å². The van der Waals surface area contributed by atoms with Crippen LogP contribution in [0, 0.1) is 0 Å². The summed E-state index contributed by atoms with van der Waals surface area (Å²) in [7, 11) is 0. The summed E-state index contributed by atoms with van der Waals surface area (Å²) < 4.78 is 0. The highest BCUT2D eigenvalue weighted by atomic mass is 16.4. The van der Waals surface area contributed by atoms with Crippen LogP contribution in [0.3, 0.4) is 0 Å².